The Labute approximate surface area is 94.8 Å². The summed E-state index contributed by atoms with van der Waals surface area (Å²) in [5.41, 5.74) is 8.31. The van der Waals surface area contributed by atoms with E-state index in [-0.39, 0.29) is 0 Å². The van der Waals surface area contributed by atoms with E-state index in [1.54, 1.807) is 0 Å². The molecule has 2 heteroatoms. The average molecular weight is 256 g/mol. The third-order valence-corrected chi connectivity index (χ3v) is 3.54. The van der Waals surface area contributed by atoms with Crippen LogP contribution in [0.25, 0.3) is 0 Å². The van der Waals surface area contributed by atoms with Crippen molar-refractivity contribution in [2.24, 2.45) is 5.73 Å². The van der Waals surface area contributed by atoms with Crippen molar-refractivity contribution >= 4 is 15.9 Å². The Kier molecular flexibility index (Phi) is 4.63. The van der Waals surface area contributed by atoms with E-state index in [0.717, 1.165) is 13.0 Å². The van der Waals surface area contributed by atoms with Crippen LogP contribution in [0.2, 0.25) is 0 Å². The van der Waals surface area contributed by atoms with Crippen molar-refractivity contribution in [2.45, 2.75) is 32.6 Å². The Bertz CT molecular complexity index is 296. The van der Waals surface area contributed by atoms with E-state index in [1.807, 2.05) is 0 Å². The second-order valence-corrected chi connectivity index (χ2v) is 4.64. The Morgan fingerprint density at radius 3 is 2.79 bits per heavy atom. The fraction of sp³-hybridized carbons (Fsp3) is 0.500. The van der Waals surface area contributed by atoms with Crippen molar-refractivity contribution in [2.75, 3.05) is 6.54 Å². The predicted molar refractivity (Wildman–Crippen MR) is 65.6 cm³/mol. The molecule has 0 saturated carbocycles. The number of rotatable bonds is 4. The summed E-state index contributed by atoms with van der Waals surface area (Å²) < 4.78 is 1.20. The lowest BCUT2D eigenvalue weighted by Crippen LogP contribution is -2.03. The zero-order chi connectivity index (χ0) is 10.6. The van der Waals surface area contributed by atoms with Crippen molar-refractivity contribution in [3.63, 3.8) is 0 Å². The first kappa shape index (κ1) is 11.7. The zero-order valence-corrected chi connectivity index (χ0v) is 10.5. The van der Waals surface area contributed by atoms with Gasteiger partial charge in [0.1, 0.15) is 0 Å². The van der Waals surface area contributed by atoms with Gasteiger partial charge in [0.05, 0.1) is 0 Å². The van der Waals surface area contributed by atoms with Crippen molar-refractivity contribution in [3.8, 4) is 0 Å². The van der Waals surface area contributed by atoms with Gasteiger partial charge in [-0.3, -0.25) is 0 Å². The molecule has 0 aliphatic carbocycles. The molecular formula is C12H18BrN. The lowest BCUT2D eigenvalue weighted by Gasteiger charge is -2.15. The maximum absolute atomic E-state index is 5.51. The first-order valence-corrected chi connectivity index (χ1v) is 5.91. The summed E-state index contributed by atoms with van der Waals surface area (Å²) in [5.74, 6) is 0.607. The molecule has 0 heterocycles. The van der Waals surface area contributed by atoms with E-state index in [0.29, 0.717) is 5.92 Å². The molecule has 1 atom stereocenters. The minimum Gasteiger partial charge on any atom is -0.330 e. The van der Waals surface area contributed by atoms with Gasteiger partial charge in [-0.15, -0.1) is 0 Å². The van der Waals surface area contributed by atoms with Gasteiger partial charge in [0.15, 0.2) is 0 Å². The molecule has 0 aliphatic rings. The minimum atomic E-state index is 0.607. The second-order valence-electron chi connectivity index (χ2n) is 3.79. The van der Waals surface area contributed by atoms with Gasteiger partial charge in [-0.2, -0.15) is 0 Å². The summed E-state index contributed by atoms with van der Waals surface area (Å²) in [6.45, 7) is 5.22. The molecule has 0 aliphatic heterocycles. The molecule has 14 heavy (non-hydrogen) atoms. The van der Waals surface area contributed by atoms with Crippen LogP contribution in [0.3, 0.4) is 0 Å². The van der Waals surface area contributed by atoms with Crippen LogP contribution in [-0.4, -0.2) is 6.54 Å². The van der Waals surface area contributed by atoms with Crippen LogP contribution >= 0.6 is 15.9 Å². The zero-order valence-electron chi connectivity index (χ0n) is 8.89. The molecule has 0 amide bonds. The van der Waals surface area contributed by atoms with Crippen molar-refractivity contribution < 1.29 is 0 Å². The van der Waals surface area contributed by atoms with E-state index in [1.165, 1.54) is 22.0 Å². The standard InChI is InChI=1S/C12H18BrN/c1-9(5-4-8-14)11-6-3-7-12(13)10(11)2/h3,6-7,9H,4-5,8,14H2,1-2H3. The van der Waals surface area contributed by atoms with Crippen LogP contribution in [0.1, 0.15) is 36.8 Å². The smallest absolute Gasteiger partial charge is 0.0207 e. The normalized spacial score (nSPS) is 12.9. The van der Waals surface area contributed by atoms with Gasteiger partial charge in [0.25, 0.3) is 0 Å². The average Bonchev–Trinajstić information content (AvgIpc) is 2.18. The number of hydrogen-bond acceptors (Lipinski definition) is 1. The van der Waals surface area contributed by atoms with Gasteiger partial charge >= 0.3 is 0 Å². The molecule has 1 unspecified atom stereocenters. The highest BCUT2D eigenvalue weighted by molar-refractivity contribution is 9.10. The molecule has 0 aromatic heterocycles. The molecular weight excluding hydrogens is 238 g/mol. The highest BCUT2D eigenvalue weighted by atomic mass is 79.9. The van der Waals surface area contributed by atoms with Crippen LogP contribution < -0.4 is 5.73 Å². The Morgan fingerprint density at radius 1 is 1.43 bits per heavy atom. The van der Waals surface area contributed by atoms with Crippen molar-refractivity contribution in [1.29, 1.82) is 0 Å². The Balaban J connectivity index is 2.79. The van der Waals surface area contributed by atoms with E-state index in [4.69, 9.17) is 5.73 Å². The number of nitrogens with two attached hydrogens (primary N) is 1. The summed E-state index contributed by atoms with van der Waals surface area (Å²) in [4.78, 5) is 0. The first-order valence-electron chi connectivity index (χ1n) is 5.12. The highest BCUT2D eigenvalue weighted by Gasteiger charge is 2.09. The Morgan fingerprint density at radius 2 is 2.14 bits per heavy atom. The molecule has 0 saturated heterocycles. The van der Waals surface area contributed by atoms with E-state index in [2.05, 4.69) is 48.0 Å². The lowest BCUT2D eigenvalue weighted by molar-refractivity contribution is 0.637. The maximum atomic E-state index is 5.51. The number of hydrogen-bond donors (Lipinski definition) is 1. The molecule has 0 spiro atoms. The van der Waals surface area contributed by atoms with E-state index < -0.39 is 0 Å². The molecule has 2 N–H and O–H groups in total. The SMILES string of the molecule is Cc1c(Br)cccc1C(C)CCCN. The highest BCUT2D eigenvalue weighted by Crippen LogP contribution is 2.28. The van der Waals surface area contributed by atoms with Crippen molar-refractivity contribution in [1.82, 2.24) is 0 Å². The fourth-order valence-electron chi connectivity index (χ4n) is 1.74. The van der Waals surface area contributed by atoms with Gasteiger partial charge in [-0.1, -0.05) is 35.0 Å². The molecule has 1 rings (SSSR count). The third kappa shape index (κ3) is 2.82. The predicted octanol–water partition coefficient (Wildman–Crippen LogP) is 3.60. The summed E-state index contributed by atoms with van der Waals surface area (Å²) in [7, 11) is 0. The topological polar surface area (TPSA) is 26.0 Å². The second kappa shape index (κ2) is 5.52. The summed E-state index contributed by atoms with van der Waals surface area (Å²) in [6.07, 6.45) is 2.28. The number of halogens is 1. The molecule has 1 nitrogen and oxygen atoms in total. The molecule has 78 valence electrons. The quantitative estimate of drug-likeness (QED) is 0.875. The summed E-state index contributed by atoms with van der Waals surface area (Å²) >= 11 is 3.56. The van der Waals surface area contributed by atoms with Gasteiger partial charge in [-0.05, 0) is 49.4 Å². The van der Waals surface area contributed by atoms with Crippen LogP contribution in [0.15, 0.2) is 22.7 Å². The minimum absolute atomic E-state index is 0.607. The number of benzene rings is 1. The fourth-order valence-corrected chi connectivity index (χ4v) is 2.12. The Hall–Kier alpha value is -0.340. The molecule has 0 radical (unpaired) electrons. The summed E-state index contributed by atoms with van der Waals surface area (Å²) in [5, 5.41) is 0. The lowest BCUT2D eigenvalue weighted by atomic mass is 9.93. The van der Waals surface area contributed by atoms with E-state index >= 15 is 0 Å². The monoisotopic (exact) mass is 255 g/mol. The molecule has 0 fully saturated rings. The maximum Gasteiger partial charge on any atom is 0.0207 e. The van der Waals surface area contributed by atoms with Crippen LogP contribution in [0.4, 0.5) is 0 Å². The molecule has 0 bridgehead atoms. The molecule has 1 aromatic rings. The van der Waals surface area contributed by atoms with E-state index in [9.17, 15) is 0 Å². The van der Waals surface area contributed by atoms with Crippen molar-refractivity contribution in [3.05, 3.63) is 33.8 Å². The van der Waals surface area contributed by atoms with Crippen LogP contribution in [-0.2, 0) is 0 Å². The van der Waals surface area contributed by atoms with Gasteiger partial charge in [0, 0.05) is 4.47 Å². The van der Waals surface area contributed by atoms with Gasteiger partial charge < -0.3 is 5.73 Å². The van der Waals surface area contributed by atoms with Crippen LogP contribution in [0.5, 0.6) is 0 Å². The summed E-state index contributed by atoms with van der Waals surface area (Å²) in [6, 6.07) is 6.40. The van der Waals surface area contributed by atoms with Gasteiger partial charge in [0.2, 0.25) is 0 Å². The van der Waals surface area contributed by atoms with Crippen LogP contribution in [0, 0.1) is 6.92 Å². The first-order chi connectivity index (χ1) is 6.66. The largest absolute Gasteiger partial charge is 0.330 e. The van der Waals surface area contributed by atoms with Gasteiger partial charge in [-0.25, -0.2) is 0 Å². The molecule has 1 aromatic carbocycles. The third-order valence-electron chi connectivity index (χ3n) is 2.68.